The number of aromatic nitrogens is 4. The largest absolute Gasteiger partial charge is 0.473 e. The van der Waals surface area contributed by atoms with Gasteiger partial charge in [-0.25, -0.2) is 9.49 Å². The Labute approximate surface area is 113 Å². The van der Waals surface area contributed by atoms with E-state index in [-0.39, 0.29) is 6.61 Å². The topological polar surface area (TPSA) is 76.8 Å². The Bertz CT molecular complexity index is 692. The predicted octanol–water partition coefficient (Wildman–Crippen LogP) is 2.49. The van der Waals surface area contributed by atoms with Crippen LogP contribution in [0.3, 0.4) is 0 Å². The van der Waals surface area contributed by atoms with Gasteiger partial charge in [-0.3, -0.25) is 4.98 Å². The highest BCUT2D eigenvalue weighted by Gasteiger charge is 2.16. The lowest BCUT2D eigenvalue weighted by Gasteiger charge is -2.03. The Balaban J connectivity index is 1.87. The van der Waals surface area contributed by atoms with Crippen LogP contribution in [0, 0.1) is 12.7 Å². The monoisotopic (exact) mass is 274 g/mol. The number of ether oxygens (including phenoxy) is 1. The molecular formula is C13H11FN4O2. The molecule has 0 aliphatic carbocycles. The molecule has 0 saturated carbocycles. The van der Waals surface area contributed by atoms with Crippen LogP contribution >= 0.6 is 0 Å². The van der Waals surface area contributed by atoms with E-state index in [1.165, 1.54) is 6.07 Å². The van der Waals surface area contributed by atoms with Gasteiger partial charge in [-0.1, -0.05) is 5.16 Å². The van der Waals surface area contributed by atoms with Gasteiger partial charge >= 0.3 is 0 Å². The summed E-state index contributed by atoms with van der Waals surface area (Å²) in [7, 11) is 0. The Morgan fingerprint density at radius 1 is 1.35 bits per heavy atom. The van der Waals surface area contributed by atoms with E-state index in [9.17, 15) is 4.39 Å². The molecule has 0 aromatic carbocycles. The van der Waals surface area contributed by atoms with Crippen LogP contribution in [0.2, 0.25) is 0 Å². The van der Waals surface area contributed by atoms with Gasteiger partial charge in [0.1, 0.15) is 23.9 Å². The fourth-order valence-corrected chi connectivity index (χ4v) is 1.75. The number of aryl methyl sites for hydroxylation is 1. The third kappa shape index (κ3) is 2.37. The first-order valence-electron chi connectivity index (χ1n) is 5.93. The number of hydrogen-bond acceptors (Lipinski definition) is 5. The first-order valence-corrected chi connectivity index (χ1v) is 5.93. The van der Waals surface area contributed by atoms with Gasteiger partial charge in [-0.05, 0) is 19.1 Å². The van der Waals surface area contributed by atoms with E-state index in [1.807, 2.05) is 0 Å². The van der Waals surface area contributed by atoms with Crippen LogP contribution in [0.1, 0.15) is 11.3 Å². The maximum Gasteiger partial charge on any atom is 0.209 e. The zero-order chi connectivity index (χ0) is 13.9. The molecule has 0 unspecified atom stereocenters. The molecule has 102 valence electrons. The molecule has 1 N–H and O–H groups in total. The van der Waals surface area contributed by atoms with E-state index in [0.29, 0.717) is 23.0 Å². The summed E-state index contributed by atoms with van der Waals surface area (Å²) in [4.78, 5) is 3.99. The van der Waals surface area contributed by atoms with Gasteiger partial charge in [-0.15, -0.1) is 0 Å². The Kier molecular flexibility index (Phi) is 3.16. The minimum atomic E-state index is -0.399. The molecule has 0 amide bonds. The van der Waals surface area contributed by atoms with Crippen molar-refractivity contribution in [3.8, 4) is 17.3 Å². The molecule has 3 aromatic rings. The molecule has 0 aliphatic rings. The van der Waals surface area contributed by atoms with Crippen LogP contribution in [0.25, 0.3) is 11.4 Å². The molecular weight excluding hydrogens is 263 g/mol. The van der Waals surface area contributed by atoms with E-state index >= 15 is 0 Å². The fraction of sp³-hybridized carbons (Fsp3) is 0.154. The number of nitrogens with zero attached hydrogens (tertiary/aromatic N) is 3. The molecule has 0 spiro atoms. The Morgan fingerprint density at radius 2 is 2.25 bits per heavy atom. The Morgan fingerprint density at radius 3 is 2.95 bits per heavy atom. The van der Waals surface area contributed by atoms with E-state index in [0.717, 1.165) is 11.8 Å². The van der Waals surface area contributed by atoms with Crippen LogP contribution in [-0.4, -0.2) is 20.3 Å². The van der Waals surface area contributed by atoms with Gasteiger partial charge in [0.15, 0.2) is 0 Å². The Hall–Kier alpha value is -2.70. The average Bonchev–Trinajstić information content (AvgIpc) is 3.07. The zero-order valence-corrected chi connectivity index (χ0v) is 10.6. The quantitative estimate of drug-likeness (QED) is 0.790. The van der Waals surface area contributed by atoms with Crippen molar-refractivity contribution in [3.05, 3.63) is 47.7 Å². The SMILES string of the molecule is Cc1onc(-c2ccc(F)cn2)c1COc1ccn[nH]1. The molecule has 3 rings (SSSR count). The molecule has 0 radical (unpaired) electrons. The molecule has 3 aromatic heterocycles. The fourth-order valence-electron chi connectivity index (χ4n) is 1.75. The lowest BCUT2D eigenvalue weighted by molar-refractivity contribution is 0.290. The summed E-state index contributed by atoms with van der Waals surface area (Å²) in [5.41, 5.74) is 1.84. The van der Waals surface area contributed by atoms with Crippen molar-refractivity contribution in [2.45, 2.75) is 13.5 Å². The van der Waals surface area contributed by atoms with Crippen molar-refractivity contribution >= 4 is 0 Å². The molecule has 0 aliphatic heterocycles. The zero-order valence-electron chi connectivity index (χ0n) is 10.6. The van der Waals surface area contributed by atoms with Crippen molar-refractivity contribution in [1.29, 1.82) is 0 Å². The summed E-state index contributed by atoms with van der Waals surface area (Å²) in [6, 6.07) is 4.58. The number of nitrogens with one attached hydrogen (secondary N) is 1. The van der Waals surface area contributed by atoms with Crippen molar-refractivity contribution in [2.24, 2.45) is 0 Å². The van der Waals surface area contributed by atoms with Crippen LogP contribution in [0.15, 0.2) is 35.1 Å². The van der Waals surface area contributed by atoms with Gasteiger partial charge in [0.25, 0.3) is 0 Å². The van der Waals surface area contributed by atoms with E-state index in [2.05, 4.69) is 20.3 Å². The molecule has 20 heavy (non-hydrogen) atoms. The highest BCUT2D eigenvalue weighted by atomic mass is 19.1. The smallest absolute Gasteiger partial charge is 0.209 e. The maximum absolute atomic E-state index is 12.9. The van der Waals surface area contributed by atoms with Gasteiger partial charge in [0.2, 0.25) is 5.88 Å². The summed E-state index contributed by atoms with van der Waals surface area (Å²) >= 11 is 0. The predicted molar refractivity (Wildman–Crippen MR) is 67.3 cm³/mol. The summed E-state index contributed by atoms with van der Waals surface area (Å²) in [5, 5.41) is 10.4. The van der Waals surface area contributed by atoms with Gasteiger partial charge < -0.3 is 9.26 Å². The average molecular weight is 274 g/mol. The lowest BCUT2D eigenvalue weighted by atomic mass is 10.1. The number of aromatic amines is 1. The molecule has 7 heteroatoms. The standard InChI is InChI=1S/C13H11FN4O2/c1-8-10(7-19-12-4-5-16-17-12)13(18-20-8)11-3-2-9(14)6-15-11/h2-6H,7H2,1H3,(H,16,17). The first-order chi connectivity index (χ1) is 9.74. The summed E-state index contributed by atoms with van der Waals surface area (Å²) in [6.07, 6.45) is 2.73. The normalized spacial score (nSPS) is 10.7. The second-order valence-corrected chi connectivity index (χ2v) is 4.14. The second kappa shape index (κ2) is 5.12. The third-order valence-electron chi connectivity index (χ3n) is 2.80. The molecule has 3 heterocycles. The number of pyridine rings is 1. The maximum atomic E-state index is 12.9. The van der Waals surface area contributed by atoms with Crippen LogP contribution in [0.4, 0.5) is 4.39 Å². The van der Waals surface area contributed by atoms with E-state index in [1.54, 1.807) is 25.3 Å². The van der Waals surface area contributed by atoms with E-state index < -0.39 is 5.82 Å². The second-order valence-electron chi connectivity index (χ2n) is 4.14. The summed E-state index contributed by atoms with van der Waals surface area (Å²) in [6.45, 7) is 2.04. The van der Waals surface area contributed by atoms with Crippen LogP contribution in [-0.2, 0) is 6.61 Å². The minimum Gasteiger partial charge on any atom is -0.473 e. The van der Waals surface area contributed by atoms with Gasteiger partial charge in [0, 0.05) is 6.07 Å². The van der Waals surface area contributed by atoms with Gasteiger partial charge in [0.05, 0.1) is 23.7 Å². The molecule has 0 fully saturated rings. The highest BCUT2D eigenvalue weighted by Crippen LogP contribution is 2.24. The van der Waals surface area contributed by atoms with Crippen molar-refractivity contribution in [3.63, 3.8) is 0 Å². The minimum absolute atomic E-state index is 0.256. The lowest BCUT2D eigenvalue weighted by Crippen LogP contribution is -1.99. The summed E-state index contributed by atoms with van der Waals surface area (Å²) < 4.78 is 23.6. The van der Waals surface area contributed by atoms with Crippen molar-refractivity contribution < 1.29 is 13.7 Å². The van der Waals surface area contributed by atoms with Crippen molar-refractivity contribution in [2.75, 3.05) is 0 Å². The number of H-pyrrole nitrogens is 1. The number of halogens is 1. The van der Waals surface area contributed by atoms with Gasteiger partial charge in [-0.2, -0.15) is 5.10 Å². The molecule has 0 saturated heterocycles. The third-order valence-corrected chi connectivity index (χ3v) is 2.80. The van der Waals surface area contributed by atoms with Crippen molar-refractivity contribution in [1.82, 2.24) is 20.3 Å². The number of hydrogen-bond donors (Lipinski definition) is 1. The molecule has 6 nitrogen and oxygen atoms in total. The summed E-state index contributed by atoms with van der Waals surface area (Å²) in [5.74, 6) is 0.776. The molecule has 0 atom stereocenters. The van der Waals surface area contributed by atoms with E-state index in [4.69, 9.17) is 9.26 Å². The number of rotatable bonds is 4. The van der Waals surface area contributed by atoms with Crippen LogP contribution in [0.5, 0.6) is 5.88 Å². The molecule has 0 bridgehead atoms. The first kappa shape index (κ1) is 12.3. The highest BCUT2D eigenvalue weighted by molar-refractivity contribution is 5.58. The van der Waals surface area contributed by atoms with Crippen LogP contribution < -0.4 is 4.74 Å².